The van der Waals surface area contributed by atoms with Crippen molar-refractivity contribution in [2.24, 2.45) is 0 Å². The van der Waals surface area contributed by atoms with Crippen LogP contribution in [0.25, 0.3) is 0 Å². The van der Waals surface area contributed by atoms with Gasteiger partial charge in [-0.1, -0.05) is 20.8 Å². The highest BCUT2D eigenvalue weighted by Gasteiger charge is 2.17. The van der Waals surface area contributed by atoms with Crippen LogP contribution in [0, 0.1) is 0 Å². The van der Waals surface area contributed by atoms with Gasteiger partial charge in [0.2, 0.25) is 10.0 Å². The van der Waals surface area contributed by atoms with Gasteiger partial charge < -0.3 is 5.11 Å². The predicted octanol–water partition coefficient (Wildman–Crippen LogP) is 2.45. The predicted molar refractivity (Wildman–Crippen MR) is 75.3 cm³/mol. The van der Waals surface area contributed by atoms with Gasteiger partial charge in [-0.3, -0.25) is 10.0 Å². The number of carboxylic acid groups (broad SMARTS) is 1. The fourth-order valence-corrected chi connectivity index (χ4v) is 2.08. The molecule has 1 aromatic carbocycles. The van der Waals surface area contributed by atoms with Crippen molar-refractivity contribution in [3.63, 3.8) is 0 Å². The van der Waals surface area contributed by atoms with Crippen molar-refractivity contribution >= 4 is 27.5 Å². The molecular formula is C12H18N2O4S. The van der Waals surface area contributed by atoms with Crippen LogP contribution < -0.4 is 10.0 Å². The van der Waals surface area contributed by atoms with Gasteiger partial charge in [0.05, 0.1) is 11.9 Å². The molecule has 1 amide bonds. The first kappa shape index (κ1) is 15.3. The normalized spacial score (nSPS) is 12.0. The second-order valence-electron chi connectivity index (χ2n) is 5.35. The molecule has 0 aliphatic rings. The standard InChI is InChI=1S/C12H18N2O4S/c1-12(2,3)8-5-9(13-11(15)16)7-10(6-8)14-19(4,17)18/h5-7,13-14H,1-4H3,(H,15,16). The van der Waals surface area contributed by atoms with Crippen LogP contribution in [0.15, 0.2) is 18.2 Å². The molecule has 106 valence electrons. The molecule has 19 heavy (non-hydrogen) atoms. The smallest absolute Gasteiger partial charge is 0.409 e. The topological polar surface area (TPSA) is 95.5 Å². The van der Waals surface area contributed by atoms with E-state index in [-0.39, 0.29) is 5.41 Å². The fourth-order valence-electron chi connectivity index (χ4n) is 1.53. The lowest BCUT2D eigenvalue weighted by Gasteiger charge is -2.21. The zero-order valence-corrected chi connectivity index (χ0v) is 12.1. The molecule has 0 bridgehead atoms. The molecule has 0 aromatic heterocycles. The summed E-state index contributed by atoms with van der Waals surface area (Å²) >= 11 is 0. The van der Waals surface area contributed by atoms with Crippen molar-refractivity contribution in [2.45, 2.75) is 26.2 Å². The number of nitrogens with one attached hydrogen (secondary N) is 2. The number of amides is 1. The van der Waals surface area contributed by atoms with Crippen LogP contribution in [-0.4, -0.2) is 25.9 Å². The molecule has 3 N–H and O–H groups in total. The maximum Gasteiger partial charge on any atom is 0.409 e. The quantitative estimate of drug-likeness (QED) is 0.795. The Bertz CT molecular complexity index is 588. The highest BCUT2D eigenvalue weighted by molar-refractivity contribution is 7.92. The summed E-state index contributed by atoms with van der Waals surface area (Å²) in [6.45, 7) is 5.87. The Labute approximate surface area is 112 Å². The van der Waals surface area contributed by atoms with Gasteiger partial charge in [0.1, 0.15) is 0 Å². The minimum Gasteiger partial charge on any atom is -0.465 e. The molecule has 0 fully saturated rings. The molecule has 0 spiro atoms. The van der Waals surface area contributed by atoms with E-state index in [1.54, 1.807) is 12.1 Å². The number of sulfonamides is 1. The van der Waals surface area contributed by atoms with Crippen molar-refractivity contribution < 1.29 is 18.3 Å². The summed E-state index contributed by atoms with van der Waals surface area (Å²) in [7, 11) is -3.41. The Hall–Kier alpha value is -1.76. The van der Waals surface area contributed by atoms with Gasteiger partial charge in [-0.25, -0.2) is 13.2 Å². The van der Waals surface area contributed by atoms with E-state index in [9.17, 15) is 13.2 Å². The molecular weight excluding hydrogens is 268 g/mol. The molecule has 1 aromatic rings. The molecule has 1 rings (SSSR count). The zero-order valence-electron chi connectivity index (χ0n) is 11.3. The summed E-state index contributed by atoms with van der Waals surface area (Å²) in [5, 5.41) is 11.0. The van der Waals surface area contributed by atoms with Crippen molar-refractivity contribution in [3.8, 4) is 0 Å². The number of benzene rings is 1. The molecule has 7 heteroatoms. The first-order valence-corrected chi connectivity index (χ1v) is 7.50. The Morgan fingerprint density at radius 3 is 2.11 bits per heavy atom. The summed E-state index contributed by atoms with van der Waals surface area (Å²) < 4.78 is 24.8. The number of hydrogen-bond acceptors (Lipinski definition) is 3. The van der Waals surface area contributed by atoms with E-state index in [1.807, 2.05) is 20.8 Å². The molecule has 0 aliphatic heterocycles. The largest absolute Gasteiger partial charge is 0.465 e. The number of carbonyl (C=O) groups is 1. The van der Waals surface area contributed by atoms with Gasteiger partial charge in [0.25, 0.3) is 0 Å². The van der Waals surface area contributed by atoms with Crippen LogP contribution in [0.4, 0.5) is 16.2 Å². The van der Waals surface area contributed by atoms with Crippen LogP contribution >= 0.6 is 0 Å². The lowest BCUT2D eigenvalue weighted by molar-refractivity contribution is 0.209. The van der Waals surface area contributed by atoms with E-state index < -0.39 is 16.1 Å². The van der Waals surface area contributed by atoms with E-state index in [1.165, 1.54) is 6.07 Å². The molecule has 0 heterocycles. The highest BCUT2D eigenvalue weighted by atomic mass is 32.2. The van der Waals surface area contributed by atoms with E-state index in [0.717, 1.165) is 11.8 Å². The third kappa shape index (κ3) is 5.17. The van der Waals surface area contributed by atoms with Crippen molar-refractivity contribution in [1.29, 1.82) is 0 Å². The summed E-state index contributed by atoms with van der Waals surface area (Å²) in [4.78, 5) is 10.7. The summed E-state index contributed by atoms with van der Waals surface area (Å²) in [6, 6.07) is 4.81. The fraction of sp³-hybridized carbons (Fsp3) is 0.417. The zero-order chi connectivity index (χ0) is 14.8. The monoisotopic (exact) mass is 286 g/mol. The van der Waals surface area contributed by atoms with Crippen LogP contribution in [-0.2, 0) is 15.4 Å². The van der Waals surface area contributed by atoms with Crippen LogP contribution in [0.1, 0.15) is 26.3 Å². The van der Waals surface area contributed by atoms with Gasteiger partial charge in [-0.2, -0.15) is 0 Å². The molecule has 6 nitrogen and oxygen atoms in total. The Morgan fingerprint density at radius 1 is 1.16 bits per heavy atom. The van der Waals surface area contributed by atoms with Crippen LogP contribution in [0.5, 0.6) is 0 Å². The van der Waals surface area contributed by atoms with E-state index >= 15 is 0 Å². The summed E-state index contributed by atoms with van der Waals surface area (Å²) in [5.41, 5.74) is 1.25. The Balaban J connectivity index is 3.28. The molecule has 0 aliphatic carbocycles. The third-order valence-corrected chi connectivity index (χ3v) is 2.96. The second-order valence-corrected chi connectivity index (χ2v) is 7.10. The van der Waals surface area contributed by atoms with Crippen LogP contribution in [0.2, 0.25) is 0 Å². The van der Waals surface area contributed by atoms with Crippen molar-refractivity contribution in [1.82, 2.24) is 0 Å². The summed E-state index contributed by atoms with van der Waals surface area (Å²) in [6.07, 6.45) is -0.155. The average Bonchev–Trinajstić information content (AvgIpc) is 2.11. The van der Waals surface area contributed by atoms with Crippen LogP contribution in [0.3, 0.4) is 0 Å². The van der Waals surface area contributed by atoms with Gasteiger partial charge in [-0.15, -0.1) is 0 Å². The molecule has 0 radical (unpaired) electrons. The Morgan fingerprint density at radius 2 is 1.68 bits per heavy atom. The van der Waals surface area contributed by atoms with E-state index in [2.05, 4.69) is 10.0 Å². The lowest BCUT2D eigenvalue weighted by Crippen LogP contribution is -2.16. The first-order valence-electron chi connectivity index (χ1n) is 5.61. The van der Waals surface area contributed by atoms with Gasteiger partial charge in [-0.05, 0) is 29.2 Å². The maximum atomic E-state index is 11.2. The molecule has 0 saturated heterocycles. The first-order chi connectivity index (χ1) is 8.47. The van der Waals surface area contributed by atoms with Crippen molar-refractivity contribution in [2.75, 3.05) is 16.3 Å². The van der Waals surface area contributed by atoms with Gasteiger partial charge >= 0.3 is 6.09 Å². The lowest BCUT2D eigenvalue weighted by atomic mass is 9.86. The van der Waals surface area contributed by atoms with E-state index in [4.69, 9.17) is 5.11 Å². The third-order valence-electron chi connectivity index (χ3n) is 2.35. The number of hydrogen-bond donors (Lipinski definition) is 3. The minimum atomic E-state index is -3.41. The number of rotatable bonds is 3. The summed E-state index contributed by atoms with van der Waals surface area (Å²) in [5.74, 6) is 0. The average molecular weight is 286 g/mol. The maximum absolute atomic E-state index is 11.2. The minimum absolute atomic E-state index is 0.232. The molecule has 0 saturated carbocycles. The van der Waals surface area contributed by atoms with Gasteiger partial charge in [0.15, 0.2) is 0 Å². The molecule has 0 unspecified atom stereocenters. The second kappa shape index (κ2) is 5.08. The van der Waals surface area contributed by atoms with Gasteiger partial charge in [0, 0.05) is 5.69 Å². The van der Waals surface area contributed by atoms with Crippen molar-refractivity contribution in [3.05, 3.63) is 23.8 Å². The SMILES string of the molecule is CC(C)(C)c1cc(NC(=O)O)cc(NS(C)(=O)=O)c1. The molecule has 0 atom stereocenters. The number of anilines is 2. The Kier molecular flexibility index (Phi) is 4.09. The van der Waals surface area contributed by atoms with E-state index in [0.29, 0.717) is 11.4 Å². The highest BCUT2D eigenvalue weighted by Crippen LogP contribution is 2.29.